The van der Waals surface area contributed by atoms with Gasteiger partial charge >= 0.3 is 0 Å². The molecular formula is C12H17N3O2S. The molecule has 0 saturated carbocycles. The van der Waals surface area contributed by atoms with Gasteiger partial charge in [0.1, 0.15) is 6.04 Å². The van der Waals surface area contributed by atoms with Crippen LogP contribution in [-0.4, -0.2) is 29.4 Å². The van der Waals surface area contributed by atoms with Crippen molar-refractivity contribution >= 4 is 23.2 Å². The van der Waals surface area contributed by atoms with Crippen LogP contribution in [0.5, 0.6) is 0 Å². The van der Waals surface area contributed by atoms with Gasteiger partial charge in [0.25, 0.3) is 0 Å². The van der Waals surface area contributed by atoms with Gasteiger partial charge in [-0.3, -0.25) is 9.59 Å². The van der Waals surface area contributed by atoms with Crippen LogP contribution in [0.1, 0.15) is 28.4 Å². The summed E-state index contributed by atoms with van der Waals surface area (Å²) in [5.41, 5.74) is 1.04. The average Bonchev–Trinajstić information content (AvgIpc) is 2.86. The Morgan fingerprint density at radius 1 is 1.56 bits per heavy atom. The van der Waals surface area contributed by atoms with E-state index >= 15 is 0 Å². The summed E-state index contributed by atoms with van der Waals surface area (Å²) in [5.74, 6) is -0.121. The predicted octanol–water partition coefficient (Wildman–Crippen LogP) is 0.697. The number of nitrogens with one attached hydrogen (secondary N) is 2. The highest BCUT2D eigenvalue weighted by atomic mass is 32.1. The Hall–Kier alpha value is -1.43. The fourth-order valence-corrected chi connectivity index (χ4v) is 2.98. The standard InChI is InChI=1S/C12H17N3O2S/c1-7-10(18-8(2)14-7)5-6-13-12(17)9-3-4-11(16)15-9/h9H,3-6H2,1-2H3,(H,13,17)(H,15,16). The number of thiazole rings is 1. The van der Waals surface area contributed by atoms with Gasteiger partial charge in [-0.1, -0.05) is 0 Å². The van der Waals surface area contributed by atoms with E-state index in [1.54, 1.807) is 11.3 Å². The van der Waals surface area contributed by atoms with Gasteiger partial charge in [0.15, 0.2) is 0 Å². The quantitative estimate of drug-likeness (QED) is 0.843. The second-order valence-corrected chi connectivity index (χ2v) is 5.73. The smallest absolute Gasteiger partial charge is 0.242 e. The minimum absolute atomic E-state index is 0.0379. The summed E-state index contributed by atoms with van der Waals surface area (Å²) in [5, 5.41) is 6.57. The first-order valence-corrected chi connectivity index (χ1v) is 6.88. The van der Waals surface area contributed by atoms with Gasteiger partial charge in [-0.25, -0.2) is 4.98 Å². The number of aromatic nitrogens is 1. The molecule has 98 valence electrons. The highest BCUT2D eigenvalue weighted by molar-refractivity contribution is 7.11. The molecule has 2 N–H and O–H groups in total. The number of carbonyl (C=O) groups excluding carboxylic acids is 2. The molecule has 2 rings (SSSR count). The molecule has 0 aromatic carbocycles. The summed E-state index contributed by atoms with van der Waals surface area (Å²) in [6.45, 7) is 4.55. The number of amides is 2. The summed E-state index contributed by atoms with van der Waals surface area (Å²) in [4.78, 5) is 28.3. The highest BCUT2D eigenvalue weighted by Crippen LogP contribution is 2.17. The van der Waals surface area contributed by atoms with Crippen LogP contribution in [0, 0.1) is 13.8 Å². The molecule has 0 aliphatic carbocycles. The Morgan fingerprint density at radius 2 is 2.33 bits per heavy atom. The number of hydrogen-bond acceptors (Lipinski definition) is 4. The van der Waals surface area contributed by atoms with Crippen LogP contribution in [0.15, 0.2) is 0 Å². The van der Waals surface area contributed by atoms with Crippen LogP contribution < -0.4 is 10.6 Å². The first-order valence-electron chi connectivity index (χ1n) is 6.06. The van der Waals surface area contributed by atoms with Crippen LogP contribution in [0.4, 0.5) is 0 Å². The van der Waals surface area contributed by atoms with E-state index in [1.807, 2.05) is 13.8 Å². The highest BCUT2D eigenvalue weighted by Gasteiger charge is 2.26. The van der Waals surface area contributed by atoms with Crippen molar-refractivity contribution < 1.29 is 9.59 Å². The summed E-state index contributed by atoms with van der Waals surface area (Å²) in [6, 6.07) is -0.346. The second kappa shape index (κ2) is 5.48. The van der Waals surface area contributed by atoms with Crippen molar-refractivity contribution in [3.63, 3.8) is 0 Å². The largest absolute Gasteiger partial charge is 0.354 e. The van der Waals surface area contributed by atoms with E-state index in [9.17, 15) is 9.59 Å². The average molecular weight is 267 g/mol. The summed E-state index contributed by atoms with van der Waals surface area (Å²) in [7, 11) is 0. The number of carbonyl (C=O) groups is 2. The molecule has 18 heavy (non-hydrogen) atoms. The van der Waals surface area contributed by atoms with Crippen LogP contribution in [0.3, 0.4) is 0 Å². The molecule has 1 aromatic rings. The zero-order valence-electron chi connectivity index (χ0n) is 10.6. The molecule has 1 atom stereocenters. The summed E-state index contributed by atoms with van der Waals surface area (Å²) in [6.07, 6.45) is 1.85. The van der Waals surface area contributed by atoms with Crippen molar-refractivity contribution in [3.05, 3.63) is 15.6 Å². The third-order valence-electron chi connectivity index (χ3n) is 2.96. The molecule has 1 aromatic heterocycles. The molecule has 1 aliphatic rings. The van der Waals surface area contributed by atoms with Crippen molar-refractivity contribution in [2.75, 3.05) is 6.54 Å². The molecule has 1 unspecified atom stereocenters. The van der Waals surface area contributed by atoms with Gasteiger partial charge in [-0.15, -0.1) is 11.3 Å². The first-order chi connectivity index (χ1) is 8.56. The van der Waals surface area contributed by atoms with E-state index in [1.165, 1.54) is 4.88 Å². The van der Waals surface area contributed by atoms with Gasteiger partial charge in [0, 0.05) is 24.3 Å². The number of aryl methyl sites for hydroxylation is 2. The maximum Gasteiger partial charge on any atom is 0.242 e. The summed E-state index contributed by atoms with van der Waals surface area (Å²) >= 11 is 1.67. The van der Waals surface area contributed by atoms with Crippen LogP contribution in [0.25, 0.3) is 0 Å². The molecule has 0 bridgehead atoms. The van der Waals surface area contributed by atoms with Gasteiger partial charge in [-0.2, -0.15) is 0 Å². The molecule has 2 amide bonds. The van der Waals surface area contributed by atoms with Crippen molar-refractivity contribution in [1.29, 1.82) is 0 Å². The fourth-order valence-electron chi connectivity index (χ4n) is 2.04. The van der Waals surface area contributed by atoms with Crippen molar-refractivity contribution in [1.82, 2.24) is 15.6 Å². The molecule has 0 radical (unpaired) electrons. The van der Waals surface area contributed by atoms with E-state index in [0.717, 1.165) is 17.1 Å². The van der Waals surface area contributed by atoms with Gasteiger partial charge in [-0.05, 0) is 20.3 Å². The third kappa shape index (κ3) is 3.07. The number of nitrogens with zero attached hydrogens (tertiary/aromatic N) is 1. The third-order valence-corrected chi connectivity index (χ3v) is 4.10. The predicted molar refractivity (Wildman–Crippen MR) is 69.5 cm³/mol. The van der Waals surface area contributed by atoms with E-state index in [0.29, 0.717) is 19.4 Å². The Morgan fingerprint density at radius 3 is 2.89 bits per heavy atom. The van der Waals surface area contributed by atoms with E-state index in [4.69, 9.17) is 0 Å². The lowest BCUT2D eigenvalue weighted by molar-refractivity contribution is -0.125. The molecule has 1 fully saturated rings. The van der Waals surface area contributed by atoms with Gasteiger partial charge < -0.3 is 10.6 Å². The van der Waals surface area contributed by atoms with Crippen LogP contribution in [0.2, 0.25) is 0 Å². The van der Waals surface area contributed by atoms with Gasteiger partial charge in [0.2, 0.25) is 11.8 Å². The monoisotopic (exact) mass is 267 g/mol. The molecule has 0 spiro atoms. The minimum atomic E-state index is -0.346. The maximum absolute atomic E-state index is 11.7. The summed E-state index contributed by atoms with van der Waals surface area (Å²) < 4.78 is 0. The lowest BCUT2D eigenvalue weighted by Gasteiger charge is -2.10. The SMILES string of the molecule is Cc1nc(C)c(CCNC(=O)C2CCC(=O)N2)s1. The van der Waals surface area contributed by atoms with Crippen LogP contribution in [-0.2, 0) is 16.0 Å². The molecule has 1 aliphatic heterocycles. The number of rotatable bonds is 4. The van der Waals surface area contributed by atoms with Crippen molar-refractivity contribution in [2.45, 2.75) is 39.2 Å². The van der Waals surface area contributed by atoms with Crippen molar-refractivity contribution in [2.24, 2.45) is 0 Å². The van der Waals surface area contributed by atoms with E-state index in [2.05, 4.69) is 15.6 Å². The first kappa shape index (κ1) is 13.0. The maximum atomic E-state index is 11.7. The lowest BCUT2D eigenvalue weighted by atomic mass is 10.2. The second-order valence-electron chi connectivity index (χ2n) is 4.44. The van der Waals surface area contributed by atoms with Crippen LogP contribution >= 0.6 is 11.3 Å². The molecule has 1 saturated heterocycles. The zero-order valence-corrected chi connectivity index (χ0v) is 11.4. The molecule has 2 heterocycles. The Balaban J connectivity index is 1.77. The molecule has 5 nitrogen and oxygen atoms in total. The molecular weight excluding hydrogens is 250 g/mol. The van der Waals surface area contributed by atoms with E-state index < -0.39 is 0 Å². The normalized spacial score (nSPS) is 18.8. The lowest BCUT2D eigenvalue weighted by Crippen LogP contribution is -2.42. The Bertz CT molecular complexity index is 470. The zero-order chi connectivity index (χ0) is 13.1. The number of hydrogen-bond donors (Lipinski definition) is 2. The Labute approximate surface area is 110 Å². The topological polar surface area (TPSA) is 71.1 Å². The minimum Gasteiger partial charge on any atom is -0.354 e. The fraction of sp³-hybridized carbons (Fsp3) is 0.583. The van der Waals surface area contributed by atoms with E-state index in [-0.39, 0.29) is 17.9 Å². The van der Waals surface area contributed by atoms with Gasteiger partial charge in [0.05, 0.1) is 10.7 Å². The Kier molecular flexibility index (Phi) is 3.96. The van der Waals surface area contributed by atoms with Crippen molar-refractivity contribution in [3.8, 4) is 0 Å². The molecule has 6 heteroatoms.